The van der Waals surface area contributed by atoms with Crippen LogP contribution < -0.4 is 5.73 Å². The molecule has 0 aliphatic rings. The molecule has 3 nitrogen and oxygen atoms in total. The van der Waals surface area contributed by atoms with Crippen LogP contribution in [0, 0.1) is 0 Å². The van der Waals surface area contributed by atoms with Crippen LogP contribution in [0.25, 0.3) is 0 Å². The van der Waals surface area contributed by atoms with Gasteiger partial charge < -0.3 is 15.7 Å². The van der Waals surface area contributed by atoms with Crippen molar-refractivity contribution in [1.82, 2.24) is 4.90 Å². The lowest BCUT2D eigenvalue weighted by atomic mass is 10.1. The summed E-state index contributed by atoms with van der Waals surface area (Å²) >= 11 is 6.11. The number of hydrogen-bond acceptors (Lipinski definition) is 3. The molecule has 0 amide bonds. The van der Waals surface area contributed by atoms with Crippen LogP contribution in [-0.2, 0) is 6.54 Å². The monoisotopic (exact) mass is 228 g/mol. The Morgan fingerprint density at radius 2 is 2.13 bits per heavy atom. The molecule has 0 fully saturated rings. The van der Waals surface area contributed by atoms with Gasteiger partial charge in [0, 0.05) is 11.6 Å². The van der Waals surface area contributed by atoms with E-state index in [2.05, 4.69) is 0 Å². The summed E-state index contributed by atoms with van der Waals surface area (Å²) in [6.07, 6.45) is 0. The quantitative estimate of drug-likeness (QED) is 0.819. The Kier molecular flexibility index (Phi) is 4.54. The van der Waals surface area contributed by atoms with Crippen molar-refractivity contribution in [2.24, 2.45) is 5.73 Å². The zero-order valence-electron chi connectivity index (χ0n) is 9.07. The maximum atomic E-state index is 8.92. The van der Waals surface area contributed by atoms with Crippen molar-refractivity contribution in [2.45, 2.75) is 12.6 Å². The van der Waals surface area contributed by atoms with Crippen molar-refractivity contribution in [3.63, 3.8) is 0 Å². The first kappa shape index (κ1) is 12.5. The molecule has 0 bridgehead atoms. The normalized spacial score (nSPS) is 13.2. The van der Waals surface area contributed by atoms with Crippen LogP contribution in [0.15, 0.2) is 18.2 Å². The highest BCUT2D eigenvalue weighted by Crippen LogP contribution is 2.21. The first-order valence-electron chi connectivity index (χ1n) is 4.84. The molecule has 84 valence electrons. The highest BCUT2D eigenvalue weighted by molar-refractivity contribution is 6.31. The van der Waals surface area contributed by atoms with Crippen molar-refractivity contribution in [2.75, 3.05) is 20.7 Å². The Hall–Kier alpha value is -0.610. The van der Waals surface area contributed by atoms with E-state index < -0.39 is 0 Å². The molecule has 15 heavy (non-hydrogen) atoms. The van der Waals surface area contributed by atoms with Gasteiger partial charge in [-0.15, -0.1) is 0 Å². The number of rotatable bonds is 4. The molecule has 0 heterocycles. The van der Waals surface area contributed by atoms with Crippen molar-refractivity contribution < 1.29 is 5.11 Å². The van der Waals surface area contributed by atoms with E-state index in [4.69, 9.17) is 22.4 Å². The third-order valence-corrected chi connectivity index (χ3v) is 2.54. The average molecular weight is 229 g/mol. The second-order valence-corrected chi connectivity index (χ2v) is 4.28. The maximum absolute atomic E-state index is 8.92. The molecule has 0 saturated heterocycles. The number of nitrogens with two attached hydrogens (primary N) is 1. The van der Waals surface area contributed by atoms with Crippen LogP contribution in [-0.4, -0.2) is 30.7 Å². The minimum Gasteiger partial charge on any atom is -0.394 e. The molecule has 4 heteroatoms. The van der Waals surface area contributed by atoms with E-state index in [-0.39, 0.29) is 12.6 Å². The van der Waals surface area contributed by atoms with Crippen molar-refractivity contribution in [3.05, 3.63) is 34.3 Å². The van der Waals surface area contributed by atoms with E-state index in [0.29, 0.717) is 5.02 Å². The van der Waals surface area contributed by atoms with Gasteiger partial charge in [-0.25, -0.2) is 0 Å². The van der Waals surface area contributed by atoms with Crippen LogP contribution in [0.5, 0.6) is 0 Å². The largest absolute Gasteiger partial charge is 0.394 e. The van der Waals surface area contributed by atoms with Crippen LogP contribution in [0.1, 0.15) is 17.2 Å². The fourth-order valence-corrected chi connectivity index (χ4v) is 1.62. The number of nitrogens with zero attached hydrogens (tertiary/aromatic N) is 1. The molecule has 1 aromatic rings. The molecule has 1 aromatic carbocycles. The molecule has 0 aliphatic carbocycles. The molecule has 0 saturated carbocycles. The summed E-state index contributed by atoms with van der Waals surface area (Å²) in [5.41, 5.74) is 7.63. The smallest absolute Gasteiger partial charge is 0.0624 e. The standard InChI is InChI=1S/C11H17ClN2O/c1-14(2)6-9-4-3-8(5-10(9)12)11(13)7-15/h3-5,11,15H,6-7,13H2,1-2H3. The third-order valence-electron chi connectivity index (χ3n) is 2.19. The lowest BCUT2D eigenvalue weighted by Crippen LogP contribution is -2.15. The summed E-state index contributed by atoms with van der Waals surface area (Å²) in [4.78, 5) is 2.05. The predicted molar refractivity (Wildman–Crippen MR) is 62.9 cm³/mol. The number of aliphatic hydroxyl groups excluding tert-OH is 1. The van der Waals surface area contributed by atoms with Gasteiger partial charge in [-0.3, -0.25) is 0 Å². The molecule has 0 aromatic heterocycles. The molecule has 0 aliphatic heterocycles. The summed E-state index contributed by atoms with van der Waals surface area (Å²) in [5, 5.41) is 9.62. The van der Waals surface area contributed by atoms with Crippen molar-refractivity contribution in [1.29, 1.82) is 0 Å². The number of hydrogen-bond donors (Lipinski definition) is 2. The summed E-state index contributed by atoms with van der Waals surface area (Å²) in [6, 6.07) is 5.33. The van der Waals surface area contributed by atoms with Crippen LogP contribution in [0.2, 0.25) is 5.02 Å². The minimum atomic E-state index is -0.351. The van der Waals surface area contributed by atoms with Crippen molar-refractivity contribution in [3.8, 4) is 0 Å². The van der Waals surface area contributed by atoms with Gasteiger partial charge in [0.05, 0.1) is 12.6 Å². The zero-order chi connectivity index (χ0) is 11.4. The molecule has 0 spiro atoms. The lowest BCUT2D eigenvalue weighted by Gasteiger charge is -2.14. The first-order valence-corrected chi connectivity index (χ1v) is 5.22. The van der Waals surface area contributed by atoms with E-state index in [9.17, 15) is 0 Å². The van der Waals surface area contributed by atoms with E-state index in [1.807, 2.05) is 37.2 Å². The number of halogens is 1. The van der Waals surface area contributed by atoms with Gasteiger partial charge in [-0.05, 0) is 31.3 Å². The van der Waals surface area contributed by atoms with Gasteiger partial charge in [-0.2, -0.15) is 0 Å². The van der Waals surface area contributed by atoms with Crippen LogP contribution in [0.3, 0.4) is 0 Å². The van der Waals surface area contributed by atoms with E-state index in [1.54, 1.807) is 0 Å². The van der Waals surface area contributed by atoms with Gasteiger partial charge in [0.25, 0.3) is 0 Å². The summed E-state index contributed by atoms with van der Waals surface area (Å²) in [6.45, 7) is 0.733. The minimum absolute atomic E-state index is 0.0661. The Balaban J connectivity index is 2.88. The molecular weight excluding hydrogens is 212 g/mol. The number of aliphatic hydroxyl groups is 1. The Labute approximate surface area is 95.5 Å². The van der Waals surface area contributed by atoms with E-state index in [0.717, 1.165) is 17.7 Å². The fourth-order valence-electron chi connectivity index (χ4n) is 1.37. The van der Waals surface area contributed by atoms with Gasteiger partial charge >= 0.3 is 0 Å². The highest BCUT2D eigenvalue weighted by atomic mass is 35.5. The Bertz CT molecular complexity index is 328. The topological polar surface area (TPSA) is 49.5 Å². The Morgan fingerprint density at radius 1 is 1.47 bits per heavy atom. The van der Waals surface area contributed by atoms with E-state index >= 15 is 0 Å². The van der Waals surface area contributed by atoms with Gasteiger partial charge in [-0.1, -0.05) is 23.7 Å². The number of benzene rings is 1. The second kappa shape index (κ2) is 5.47. The van der Waals surface area contributed by atoms with E-state index in [1.165, 1.54) is 0 Å². The molecule has 1 unspecified atom stereocenters. The van der Waals surface area contributed by atoms with Crippen LogP contribution >= 0.6 is 11.6 Å². The van der Waals surface area contributed by atoms with Gasteiger partial charge in [0.2, 0.25) is 0 Å². The molecular formula is C11H17ClN2O. The molecule has 1 atom stereocenters. The third kappa shape index (κ3) is 3.47. The van der Waals surface area contributed by atoms with Crippen molar-refractivity contribution >= 4 is 11.6 Å². The first-order chi connectivity index (χ1) is 7.04. The summed E-state index contributed by atoms with van der Waals surface area (Å²) in [5.74, 6) is 0. The van der Waals surface area contributed by atoms with Crippen LogP contribution in [0.4, 0.5) is 0 Å². The summed E-state index contributed by atoms with van der Waals surface area (Å²) < 4.78 is 0. The van der Waals surface area contributed by atoms with Gasteiger partial charge in [0.1, 0.15) is 0 Å². The van der Waals surface area contributed by atoms with Gasteiger partial charge in [0.15, 0.2) is 0 Å². The maximum Gasteiger partial charge on any atom is 0.0624 e. The zero-order valence-corrected chi connectivity index (χ0v) is 9.83. The lowest BCUT2D eigenvalue weighted by molar-refractivity contribution is 0.268. The molecule has 0 radical (unpaired) electrons. The average Bonchev–Trinajstić information content (AvgIpc) is 2.19. The predicted octanol–water partition coefficient (Wildman–Crippen LogP) is 1.39. The fraction of sp³-hybridized carbons (Fsp3) is 0.455. The SMILES string of the molecule is CN(C)Cc1ccc(C(N)CO)cc1Cl. The second-order valence-electron chi connectivity index (χ2n) is 3.88. The Morgan fingerprint density at radius 3 is 2.60 bits per heavy atom. The summed E-state index contributed by atoms with van der Waals surface area (Å²) in [7, 11) is 3.98. The highest BCUT2D eigenvalue weighted by Gasteiger charge is 2.07. The molecule has 1 rings (SSSR count). The molecule has 3 N–H and O–H groups in total.